The summed E-state index contributed by atoms with van der Waals surface area (Å²) in [6.45, 7) is 2.32. The first kappa shape index (κ1) is 22.7. The van der Waals surface area contributed by atoms with Crippen LogP contribution in [0.2, 0.25) is 0 Å². The van der Waals surface area contributed by atoms with Crippen LogP contribution < -0.4 is 0 Å². The summed E-state index contributed by atoms with van der Waals surface area (Å²) in [5.74, 6) is -0.751. The Kier molecular flexibility index (Phi) is 17.0. The fraction of sp³-hybridized carbons (Fsp3) is 0.800. The van der Waals surface area contributed by atoms with Gasteiger partial charge >= 0.3 is 11.9 Å². The summed E-state index contributed by atoms with van der Waals surface area (Å²) in [5, 5.41) is 8.53. The number of carboxylic acids is 1. The number of hydrogen-bond acceptors (Lipinski definition) is 3. The molecular weight excluding hydrogens is 304 g/mol. The van der Waals surface area contributed by atoms with Gasteiger partial charge in [0.2, 0.25) is 0 Å². The molecule has 0 atom stereocenters. The highest BCUT2D eigenvalue weighted by molar-refractivity contribution is 5.69. The fourth-order valence-corrected chi connectivity index (χ4v) is 2.60. The molecule has 0 aliphatic carbocycles. The number of rotatable bonds is 17. The smallest absolute Gasteiger partial charge is 0.305 e. The van der Waals surface area contributed by atoms with Crippen LogP contribution in [-0.4, -0.2) is 23.7 Å². The van der Waals surface area contributed by atoms with E-state index in [9.17, 15) is 9.59 Å². The zero-order valence-electron chi connectivity index (χ0n) is 15.4. The average Bonchev–Trinajstić information content (AvgIpc) is 2.54. The van der Waals surface area contributed by atoms with Crippen molar-refractivity contribution in [3.05, 3.63) is 12.2 Å². The molecule has 0 spiro atoms. The molecule has 0 rings (SSSR count). The predicted molar refractivity (Wildman–Crippen MR) is 98.0 cm³/mol. The van der Waals surface area contributed by atoms with Crippen LogP contribution in [0.4, 0.5) is 0 Å². The number of carboxylic acid groups (broad SMARTS) is 1. The Bertz CT molecular complexity index is 337. The van der Waals surface area contributed by atoms with Gasteiger partial charge in [-0.15, -0.1) is 0 Å². The predicted octanol–water partition coefficient (Wildman–Crippen LogP) is 5.65. The molecule has 0 amide bonds. The van der Waals surface area contributed by atoms with Crippen LogP contribution in [0.5, 0.6) is 0 Å². The summed E-state index contributed by atoms with van der Waals surface area (Å²) < 4.78 is 4.90. The van der Waals surface area contributed by atoms with Crippen molar-refractivity contribution in [3.63, 3.8) is 0 Å². The molecule has 1 N–H and O–H groups in total. The molecule has 0 heterocycles. The molecule has 0 saturated heterocycles. The van der Waals surface area contributed by atoms with Crippen LogP contribution in [0, 0.1) is 0 Å². The average molecular weight is 341 g/mol. The van der Waals surface area contributed by atoms with Crippen molar-refractivity contribution in [3.8, 4) is 0 Å². The Balaban J connectivity index is 3.16. The molecular formula is C20H36O4. The number of carbonyl (C=O) groups excluding carboxylic acids is 1. The Morgan fingerprint density at radius 1 is 0.750 bits per heavy atom. The summed E-state index contributed by atoms with van der Waals surface area (Å²) in [5.41, 5.74) is 0. The maximum absolute atomic E-state index is 11.1. The molecule has 4 heteroatoms. The van der Waals surface area contributed by atoms with Gasteiger partial charge in [-0.05, 0) is 45.4 Å². The van der Waals surface area contributed by atoms with Gasteiger partial charge in [0.05, 0.1) is 6.61 Å². The minimum absolute atomic E-state index is 0.0673. The number of ether oxygens (including phenoxy) is 1. The normalized spacial score (nSPS) is 11.0. The van der Waals surface area contributed by atoms with E-state index in [2.05, 4.69) is 12.2 Å². The van der Waals surface area contributed by atoms with Crippen molar-refractivity contribution in [2.75, 3.05) is 6.61 Å². The highest BCUT2D eigenvalue weighted by Gasteiger charge is 2.00. The van der Waals surface area contributed by atoms with Crippen molar-refractivity contribution in [1.82, 2.24) is 0 Å². The molecule has 0 aromatic heterocycles. The van der Waals surface area contributed by atoms with Gasteiger partial charge in [0, 0.05) is 12.8 Å². The highest BCUT2D eigenvalue weighted by Crippen LogP contribution is 2.10. The molecule has 0 aliphatic heterocycles. The summed E-state index contributed by atoms with van der Waals surface area (Å²) in [7, 11) is 0. The van der Waals surface area contributed by atoms with Crippen molar-refractivity contribution < 1.29 is 19.4 Å². The van der Waals surface area contributed by atoms with E-state index in [-0.39, 0.29) is 5.97 Å². The molecule has 0 fully saturated rings. The third-order valence-corrected chi connectivity index (χ3v) is 3.99. The molecule has 0 aliphatic rings. The standard InChI is InChI=1S/C20H36O4/c1-2-24-20(23)18-16-14-12-10-8-6-4-3-5-7-9-11-13-15-17-19(21)22/h3-4H,2,5-18H2,1H3,(H,21,22). The van der Waals surface area contributed by atoms with Crippen LogP contribution in [0.1, 0.15) is 96.8 Å². The van der Waals surface area contributed by atoms with Crippen LogP contribution >= 0.6 is 0 Å². The molecule has 0 aromatic rings. The number of hydrogen-bond donors (Lipinski definition) is 1. The van der Waals surface area contributed by atoms with E-state index in [4.69, 9.17) is 9.84 Å². The summed E-state index contributed by atoms with van der Waals surface area (Å²) in [4.78, 5) is 21.5. The second-order valence-electron chi connectivity index (χ2n) is 6.28. The lowest BCUT2D eigenvalue weighted by atomic mass is 10.1. The van der Waals surface area contributed by atoms with Gasteiger partial charge in [-0.1, -0.05) is 50.7 Å². The summed E-state index contributed by atoms with van der Waals surface area (Å²) >= 11 is 0. The first-order valence-electron chi connectivity index (χ1n) is 9.69. The van der Waals surface area contributed by atoms with E-state index < -0.39 is 5.97 Å². The molecule has 0 unspecified atom stereocenters. The van der Waals surface area contributed by atoms with Gasteiger partial charge in [0.15, 0.2) is 0 Å². The third kappa shape index (κ3) is 18.7. The van der Waals surface area contributed by atoms with Gasteiger partial charge in [0.25, 0.3) is 0 Å². The first-order chi connectivity index (χ1) is 11.7. The number of aliphatic carboxylic acids is 1. The second-order valence-corrected chi connectivity index (χ2v) is 6.28. The SMILES string of the molecule is CCOC(=O)CCCCCCCC=CCCCCCCCC(=O)O. The van der Waals surface area contributed by atoms with Gasteiger partial charge < -0.3 is 9.84 Å². The molecule has 0 bridgehead atoms. The zero-order valence-corrected chi connectivity index (χ0v) is 15.4. The number of carbonyl (C=O) groups is 2. The van der Waals surface area contributed by atoms with Crippen LogP contribution in [0.3, 0.4) is 0 Å². The first-order valence-corrected chi connectivity index (χ1v) is 9.69. The van der Waals surface area contributed by atoms with E-state index in [1.54, 1.807) is 0 Å². The topological polar surface area (TPSA) is 63.6 Å². The van der Waals surface area contributed by atoms with E-state index in [1.807, 2.05) is 6.92 Å². The Hall–Kier alpha value is -1.32. The second kappa shape index (κ2) is 18.0. The third-order valence-electron chi connectivity index (χ3n) is 3.99. The Morgan fingerprint density at radius 3 is 1.71 bits per heavy atom. The Morgan fingerprint density at radius 2 is 1.21 bits per heavy atom. The number of unbranched alkanes of at least 4 members (excludes halogenated alkanes) is 10. The van der Waals surface area contributed by atoms with Gasteiger partial charge in [-0.25, -0.2) is 0 Å². The van der Waals surface area contributed by atoms with Crippen molar-refractivity contribution in [2.24, 2.45) is 0 Å². The molecule has 0 aromatic carbocycles. The molecule has 140 valence electrons. The zero-order chi connectivity index (χ0) is 17.9. The maximum atomic E-state index is 11.1. The monoisotopic (exact) mass is 340 g/mol. The molecule has 0 radical (unpaired) electrons. The van der Waals surface area contributed by atoms with Crippen LogP contribution in [0.25, 0.3) is 0 Å². The van der Waals surface area contributed by atoms with Gasteiger partial charge in [0.1, 0.15) is 0 Å². The van der Waals surface area contributed by atoms with E-state index in [0.717, 1.165) is 44.9 Å². The number of esters is 1. The minimum Gasteiger partial charge on any atom is -0.481 e. The quantitative estimate of drug-likeness (QED) is 0.211. The molecule has 24 heavy (non-hydrogen) atoms. The van der Waals surface area contributed by atoms with E-state index in [0.29, 0.717) is 19.4 Å². The molecule has 4 nitrogen and oxygen atoms in total. The highest BCUT2D eigenvalue weighted by atomic mass is 16.5. The largest absolute Gasteiger partial charge is 0.481 e. The Labute approximate surface area is 147 Å². The summed E-state index contributed by atoms with van der Waals surface area (Å²) in [6, 6.07) is 0. The lowest BCUT2D eigenvalue weighted by Crippen LogP contribution is -2.03. The van der Waals surface area contributed by atoms with Crippen molar-refractivity contribution in [1.29, 1.82) is 0 Å². The van der Waals surface area contributed by atoms with Crippen molar-refractivity contribution in [2.45, 2.75) is 96.8 Å². The van der Waals surface area contributed by atoms with Crippen LogP contribution in [-0.2, 0) is 14.3 Å². The lowest BCUT2D eigenvalue weighted by Gasteiger charge is -2.01. The lowest BCUT2D eigenvalue weighted by molar-refractivity contribution is -0.143. The van der Waals surface area contributed by atoms with E-state index >= 15 is 0 Å². The number of allylic oxidation sites excluding steroid dienone is 2. The van der Waals surface area contributed by atoms with Crippen LogP contribution in [0.15, 0.2) is 12.2 Å². The van der Waals surface area contributed by atoms with Gasteiger partial charge in [-0.3, -0.25) is 9.59 Å². The minimum atomic E-state index is -0.683. The maximum Gasteiger partial charge on any atom is 0.305 e. The molecule has 0 saturated carbocycles. The fourth-order valence-electron chi connectivity index (χ4n) is 2.60. The summed E-state index contributed by atoms with van der Waals surface area (Å²) in [6.07, 6.45) is 18.8. The van der Waals surface area contributed by atoms with Crippen molar-refractivity contribution >= 4 is 11.9 Å². The van der Waals surface area contributed by atoms with Gasteiger partial charge in [-0.2, -0.15) is 0 Å². The van der Waals surface area contributed by atoms with E-state index in [1.165, 1.54) is 32.1 Å².